The summed E-state index contributed by atoms with van der Waals surface area (Å²) in [6.07, 6.45) is 2.13. The highest BCUT2D eigenvalue weighted by Gasteiger charge is 2.13. The summed E-state index contributed by atoms with van der Waals surface area (Å²) >= 11 is 5.77. The zero-order valence-corrected chi connectivity index (χ0v) is 9.77. The minimum atomic E-state index is -0.304. The van der Waals surface area contributed by atoms with Crippen molar-refractivity contribution in [2.24, 2.45) is 5.92 Å². The predicted octanol–water partition coefficient (Wildman–Crippen LogP) is 3.32. The summed E-state index contributed by atoms with van der Waals surface area (Å²) in [5.74, 6) is 0.303. The van der Waals surface area contributed by atoms with Gasteiger partial charge in [-0.25, -0.2) is 4.39 Å². The van der Waals surface area contributed by atoms with E-state index in [-0.39, 0.29) is 5.82 Å². The van der Waals surface area contributed by atoms with Crippen LogP contribution in [0, 0.1) is 11.7 Å². The molecule has 2 rings (SSSR count). The van der Waals surface area contributed by atoms with Gasteiger partial charge in [0.15, 0.2) is 0 Å². The van der Waals surface area contributed by atoms with E-state index in [0.717, 1.165) is 38.3 Å². The van der Waals surface area contributed by atoms with Gasteiger partial charge in [-0.1, -0.05) is 11.6 Å². The lowest BCUT2D eigenvalue weighted by Gasteiger charge is -2.22. The van der Waals surface area contributed by atoms with E-state index in [1.54, 1.807) is 6.07 Å². The molecule has 0 atom stereocenters. The van der Waals surface area contributed by atoms with E-state index in [4.69, 9.17) is 16.3 Å². The normalized spacial score (nSPS) is 17.4. The van der Waals surface area contributed by atoms with E-state index >= 15 is 0 Å². The van der Waals surface area contributed by atoms with Crippen molar-refractivity contribution < 1.29 is 9.13 Å². The summed E-state index contributed by atoms with van der Waals surface area (Å²) in [6.45, 7) is 2.51. The maximum absolute atomic E-state index is 13.0. The van der Waals surface area contributed by atoms with Crippen LogP contribution in [0.5, 0.6) is 0 Å². The molecule has 0 amide bonds. The zero-order valence-electron chi connectivity index (χ0n) is 9.01. The van der Waals surface area contributed by atoms with Crippen molar-refractivity contribution in [3.63, 3.8) is 0 Å². The molecule has 1 aromatic rings. The molecule has 0 saturated carbocycles. The van der Waals surface area contributed by atoms with Crippen LogP contribution in [-0.4, -0.2) is 19.8 Å². The molecular formula is C12H15ClFNO. The average Bonchev–Trinajstić information content (AvgIpc) is 2.27. The summed E-state index contributed by atoms with van der Waals surface area (Å²) in [7, 11) is 0. The number of hydrogen-bond acceptors (Lipinski definition) is 2. The molecule has 1 N–H and O–H groups in total. The smallest absolute Gasteiger partial charge is 0.126 e. The van der Waals surface area contributed by atoms with Gasteiger partial charge in [0.25, 0.3) is 0 Å². The molecule has 4 heteroatoms. The van der Waals surface area contributed by atoms with Crippen LogP contribution in [-0.2, 0) is 4.74 Å². The Hall–Kier alpha value is -0.800. The minimum Gasteiger partial charge on any atom is -0.385 e. The maximum Gasteiger partial charge on any atom is 0.126 e. The van der Waals surface area contributed by atoms with Crippen LogP contribution >= 0.6 is 11.6 Å². The van der Waals surface area contributed by atoms with Crippen LogP contribution in [0.2, 0.25) is 5.02 Å². The Morgan fingerprint density at radius 3 is 2.75 bits per heavy atom. The first-order valence-corrected chi connectivity index (χ1v) is 5.89. The molecule has 2 nitrogen and oxygen atoms in total. The molecule has 1 aliphatic rings. The highest BCUT2D eigenvalue weighted by atomic mass is 35.5. The molecule has 88 valence electrons. The number of nitrogens with one attached hydrogen (secondary N) is 1. The second-order valence-corrected chi connectivity index (χ2v) is 4.53. The number of ether oxygens (including phenoxy) is 1. The fourth-order valence-electron chi connectivity index (χ4n) is 1.87. The molecular weight excluding hydrogens is 229 g/mol. The Morgan fingerprint density at radius 1 is 1.31 bits per heavy atom. The molecule has 0 unspecified atom stereocenters. The molecule has 0 radical (unpaired) electrons. The van der Waals surface area contributed by atoms with Crippen LogP contribution < -0.4 is 5.32 Å². The predicted molar refractivity (Wildman–Crippen MR) is 63.4 cm³/mol. The van der Waals surface area contributed by atoms with Gasteiger partial charge in [-0.05, 0) is 37.0 Å². The van der Waals surface area contributed by atoms with Crippen molar-refractivity contribution in [3.05, 3.63) is 29.0 Å². The molecule has 0 aromatic heterocycles. The van der Waals surface area contributed by atoms with Gasteiger partial charge in [0.05, 0.1) is 0 Å². The Kier molecular flexibility index (Phi) is 4.02. The van der Waals surface area contributed by atoms with Gasteiger partial charge in [-0.2, -0.15) is 0 Å². The van der Waals surface area contributed by atoms with E-state index in [1.165, 1.54) is 12.1 Å². The van der Waals surface area contributed by atoms with Crippen LogP contribution in [0.25, 0.3) is 0 Å². The van der Waals surface area contributed by atoms with Gasteiger partial charge in [-0.3, -0.25) is 0 Å². The zero-order chi connectivity index (χ0) is 11.4. The highest BCUT2D eigenvalue weighted by molar-refractivity contribution is 6.30. The number of hydrogen-bond donors (Lipinski definition) is 1. The second kappa shape index (κ2) is 5.51. The van der Waals surface area contributed by atoms with E-state index in [9.17, 15) is 4.39 Å². The van der Waals surface area contributed by atoms with Crippen molar-refractivity contribution in [1.82, 2.24) is 0 Å². The van der Waals surface area contributed by atoms with E-state index in [2.05, 4.69) is 5.32 Å². The summed E-state index contributed by atoms with van der Waals surface area (Å²) in [5.41, 5.74) is 0.747. The summed E-state index contributed by atoms with van der Waals surface area (Å²) in [5, 5.41) is 3.64. The Balaban J connectivity index is 1.88. The average molecular weight is 244 g/mol. The highest BCUT2D eigenvalue weighted by Crippen LogP contribution is 2.20. The minimum absolute atomic E-state index is 0.304. The third-order valence-corrected chi connectivity index (χ3v) is 3.02. The monoisotopic (exact) mass is 243 g/mol. The third-order valence-electron chi connectivity index (χ3n) is 2.80. The molecule has 1 aliphatic heterocycles. The standard InChI is InChI=1S/C12H15ClFNO/c13-10-5-11(14)7-12(6-10)15-8-9-1-3-16-4-2-9/h5-7,9,15H,1-4,8H2. The Labute approximate surface area is 99.7 Å². The second-order valence-electron chi connectivity index (χ2n) is 4.09. The van der Waals surface area contributed by atoms with E-state index in [0.29, 0.717) is 10.9 Å². The molecule has 1 saturated heterocycles. The SMILES string of the molecule is Fc1cc(Cl)cc(NCC2CCOCC2)c1. The van der Waals surface area contributed by atoms with Crippen molar-refractivity contribution in [2.45, 2.75) is 12.8 Å². The number of anilines is 1. The number of rotatable bonds is 3. The van der Waals surface area contributed by atoms with Crippen LogP contribution in [0.1, 0.15) is 12.8 Å². The fourth-order valence-corrected chi connectivity index (χ4v) is 2.09. The van der Waals surface area contributed by atoms with E-state index < -0.39 is 0 Å². The molecule has 0 bridgehead atoms. The van der Waals surface area contributed by atoms with Crippen LogP contribution in [0.15, 0.2) is 18.2 Å². The van der Waals surface area contributed by atoms with Gasteiger partial charge in [0.2, 0.25) is 0 Å². The molecule has 1 fully saturated rings. The third kappa shape index (κ3) is 3.35. The van der Waals surface area contributed by atoms with Gasteiger partial charge in [0, 0.05) is 30.5 Å². The van der Waals surface area contributed by atoms with Crippen molar-refractivity contribution in [2.75, 3.05) is 25.1 Å². The first-order valence-electron chi connectivity index (χ1n) is 5.52. The molecule has 0 aliphatic carbocycles. The molecule has 0 spiro atoms. The Bertz CT molecular complexity index is 333. The first-order chi connectivity index (χ1) is 7.74. The Morgan fingerprint density at radius 2 is 2.06 bits per heavy atom. The summed E-state index contributed by atoms with van der Waals surface area (Å²) in [6, 6.07) is 4.51. The topological polar surface area (TPSA) is 21.3 Å². The lowest BCUT2D eigenvalue weighted by molar-refractivity contribution is 0.0699. The van der Waals surface area contributed by atoms with Gasteiger partial charge in [-0.15, -0.1) is 0 Å². The lowest BCUT2D eigenvalue weighted by atomic mass is 10.0. The summed E-state index contributed by atoms with van der Waals surface area (Å²) in [4.78, 5) is 0. The van der Waals surface area contributed by atoms with Gasteiger partial charge < -0.3 is 10.1 Å². The lowest BCUT2D eigenvalue weighted by Crippen LogP contribution is -2.22. The largest absolute Gasteiger partial charge is 0.385 e. The van der Waals surface area contributed by atoms with Gasteiger partial charge >= 0.3 is 0 Å². The number of benzene rings is 1. The number of halogens is 2. The van der Waals surface area contributed by atoms with Crippen molar-refractivity contribution in [3.8, 4) is 0 Å². The maximum atomic E-state index is 13.0. The first kappa shape index (κ1) is 11.7. The molecule has 1 heterocycles. The van der Waals surface area contributed by atoms with Crippen molar-refractivity contribution >= 4 is 17.3 Å². The fraction of sp³-hybridized carbons (Fsp3) is 0.500. The van der Waals surface area contributed by atoms with Crippen LogP contribution in [0.3, 0.4) is 0 Å². The summed E-state index contributed by atoms with van der Waals surface area (Å²) < 4.78 is 18.3. The van der Waals surface area contributed by atoms with Gasteiger partial charge in [0.1, 0.15) is 5.82 Å². The van der Waals surface area contributed by atoms with E-state index in [1.807, 2.05) is 0 Å². The molecule has 16 heavy (non-hydrogen) atoms. The quantitative estimate of drug-likeness (QED) is 0.880. The van der Waals surface area contributed by atoms with Crippen molar-refractivity contribution in [1.29, 1.82) is 0 Å². The van der Waals surface area contributed by atoms with Crippen LogP contribution in [0.4, 0.5) is 10.1 Å². The molecule has 1 aromatic carbocycles.